The van der Waals surface area contributed by atoms with Gasteiger partial charge in [0.05, 0.1) is 0 Å². The van der Waals surface area contributed by atoms with Crippen LogP contribution in [-0.4, -0.2) is 24.4 Å². The molecular formula is C27H31N3O3. The number of benzene rings is 2. The van der Waals surface area contributed by atoms with Crippen LogP contribution in [0.5, 0.6) is 5.75 Å². The van der Waals surface area contributed by atoms with Gasteiger partial charge in [0.15, 0.2) is 5.41 Å². The molecule has 33 heavy (non-hydrogen) atoms. The topological polar surface area (TPSA) is 93.5 Å². The summed E-state index contributed by atoms with van der Waals surface area (Å²) in [6.45, 7) is 2.83. The molecule has 2 aromatic rings. The lowest BCUT2D eigenvalue weighted by molar-refractivity contribution is -0.140. The van der Waals surface area contributed by atoms with Gasteiger partial charge < -0.3 is 21.1 Å². The van der Waals surface area contributed by atoms with Crippen molar-refractivity contribution in [3.63, 3.8) is 0 Å². The SMILES string of the molecule is CCCNC(=O)C1(C(=O)NCc2ccccc2)C=C(Oc2cccc([C@H]3C[C@@H]3N)c2)C=CC1. The molecule has 0 bridgehead atoms. The second-order valence-electron chi connectivity index (χ2n) is 8.73. The van der Waals surface area contributed by atoms with E-state index in [0.717, 1.165) is 24.0 Å². The number of hydrogen-bond acceptors (Lipinski definition) is 4. The molecule has 172 valence electrons. The predicted octanol–water partition coefficient (Wildman–Crippen LogP) is 3.55. The van der Waals surface area contributed by atoms with E-state index in [9.17, 15) is 9.59 Å². The molecule has 6 nitrogen and oxygen atoms in total. The Labute approximate surface area is 194 Å². The highest BCUT2D eigenvalue weighted by Gasteiger charge is 2.45. The van der Waals surface area contributed by atoms with Gasteiger partial charge in [-0.05, 0) is 54.7 Å². The van der Waals surface area contributed by atoms with Crippen LogP contribution in [0.25, 0.3) is 0 Å². The van der Waals surface area contributed by atoms with Crippen LogP contribution in [0.4, 0.5) is 0 Å². The lowest BCUT2D eigenvalue weighted by atomic mass is 9.79. The molecule has 4 N–H and O–H groups in total. The fraction of sp³-hybridized carbons (Fsp3) is 0.333. The normalized spacial score (nSPS) is 23.4. The van der Waals surface area contributed by atoms with E-state index in [1.807, 2.05) is 67.6 Å². The smallest absolute Gasteiger partial charge is 0.240 e. The summed E-state index contributed by atoms with van der Waals surface area (Å²) in [5.74, 6) is 0.838. The molecule has 4 rings (SSSR count). The third-order valence-corrected chi connectivity index (χ3v) is 6.11. The quantitative estimate of drug-likeness (QED) is 0.515. The van der Waals surface area contributed by atoms with Crippen molar-refractivity contribution in [3.8, 4) is 5.75 Å². The maximum absolute atomic E-state index is 13.4. The van der Waals surface area contributed by atoms with E-state index < -0.39 is 5.41 Å². The largest absolute Gasteiger partial charge is 0.458 e. The van der Waals surface area contributed by atoms with Gasteiger partial charge in [-0.25, -0.2) is 0 Å². The highest BCUT2D eigenvalue weighted by molar-refractivity contribution is 6.07. The van der Waals surface area contributed by atoms with Crippen LogP contribution in [0.3, 0.4) is 0 Å². The van der Waals surface area contributed by atoms with Gasteiger partial charge >= 0.3 is 0 Å². The summed E-state index contributed by atoms with van der Waals surface area (Å²) in [5, 5.41) is 5.84. The van der Waals surface area contributed by atoms with Gasteiger partial charge in [-0.15, -0.1) is 0 Å². The van der Waals surface area contributed by atoms with Crippen molar-refractivity contribution >= 4 is 11.8 Å². The number of allylic oxidation sites excluding steroid dienone is 2. The molecule has 2 aliphatic rings. The molecule has 0 heterocycles. The molecule has 1 saturated carbocycles. The van der Waals surface area contributed by atoms with Gasteiger partial charge in [0, 0.05) is 25.0 Å². The maximum Gasteiger partial charge on any atom is 0.240 e. The highest BCUT2D eigenvalue weighted by atomic mass is 16.5. The molecule has 0 saturated heterocycles. The van der Waals surface area contributed by atoms with E-state index in [-0.39, 0.29) is 24.3 Å². The summed E-state index contributed by atoms with van der Waals surface area (Å²) in [6.07, 6.45) is 7.32. The van der Waals surface area contributed by atoms with Crippen LogP contribution < -0.4 is 21.1 Å². The van der Waals surface area contributed by atoms with Crippen molar-refractivity contribution < 1.29 is 14.3 Å². The average Bonchev–Trinajstić information content (AvgIpc) is 3.58. The minimum atomic E-state index is -1.37. The maximum atomic E-state index is 13.4. The Bertz CT molecular complexity index is 1060. The van der Waals surface area contributed by atoms with E-state index in [1.165, 1.54) is 0 Å². The molecule has 6 heteroatoms. The molecule has 0 aliphatic heterocycles. The Morgan fingerprint density at radius 3 is 2.58 bits per heavy atom. The minimum Gasteiger partial charge on any atom is -0.458 e. The van der Waals surface area contributed by atoms with Gasteiger partial charge in [-0.2, -0.15) is 0 Å². The summed E-state index contributed by atoms with van der Waals surface area (Å²) in [4.78, 5) is 26.6. The van der Waals surface area contributed by atoms with Crippen LogP contribution in [0.1, 0.15) is 43.2 Å². The fourth-order valence-electron chi connectivity index (χ4n) is 4.07. The van der Waals surface area contributed by atoms with Crippen molar-refractivity contribution in [2.45, 2.75) is 44.7 Å². The molecule has 1 fully saturated rings. The summed E-state index contributed by atoms with van der Waals surface area (Å²) in [5.41, 5.74) is 6.74. The Morgan fingerprint density at radius 2 is 1.85 bits per heavy atom. The van der Waals surface area contributed by atoms with Gasteiger partial charge in [0.1, 0.15) is 11.5 Å². The Kier molecular flexibility index (Phi) is 6.94. The lowest BCUT2D eigenvalue weighted by Crippen LogP contribution is -2.51. The predicted molar refractivity (Wildman–Crippen MR) is 128 cm³/mol. The summed E-state index contributed by atoms with van der Waals surface area (Å²) >= 11 is 0. The fourth-order valence-corrected chi connectivity index (χ4v) is 4.07. The molecular weight excluding hydrogens is 414 g/mol. The number of carbonyl (C=O) groups is 2. The zero-order valence-corrected chi connectivity index (χ0v) is 18.9. The van der Waals surface area contributed by atoms with Crippen molar-refractivity contribution in [2.24, 2.45) is 11.1 Å². The standard InChI is InChI=1S/C27H31N3O3/c1-2-14-29-25(31)27(26(32)30-18-19-8-4-3-5-9-19)13-7-12-22(17-27)33-21-11-6-10-20(15-21)23-16-24(23)28/h3-12,15,17,23-24H,2,13-14,16,18,28H2,1H3,(H,29,31)(H,30,32)/t23-,24+,27?/m1/s1. The van der Waals surface area contributed by atoms with Crippen molar-refractivity contribution in [1.82, 2.24) is 10.6 Å². The average molecular weight is 446 g/mol. The molecule has 0 spiro atoms. The number of ether oxygens (including phenoxy) is 1. The molecule has 2 amide bonds. The van der Waals surface area contributed by atoms with Crippen molar-refractivity contribution in [2.75, 3.05) is 6.54 Å². The Hall–Kier alpha value is -3.38. The van der Waals surface area contributed by atoms with Gasteiger partial charge in [-0.1, -0.05) is 55.5 Å². The molecule has 2 aliphatic carbocycles. The number of rotatable bonds is 9. The van der Waals surface area contributed by atoms with E-state index in [0.29, 0.717) is 30.5 Å². The molecule has 3 atom stereocenters. The molecule has 1 unspecified atom stereocenters. The third kappa shape index (κ3) is 5.34. The molecule has 2 aromatic carbocycles. The van der Waals surface area contributed by atoms with E-state index in [2.05, 4.69) is 16.7 Å². The van der Waals surface area contributed by atoms with Gasteiger partial charge in [0.2, 0.25) is 11.8 Å². The van der Waals surface area contributed by atoms with Crippen molar-refractivity contribution in [3.05, 3.63) is 89.7 Å². The summed E-state index contributed by atoms with van der Waals surface area (Å²) < 4.78 is 6.11. The van der Waals surface area contributed by atoms with Crippen LogP contribution >= 0.6 is 0 Å². The highest BCUT2D eigenvalue weighted by Crippen LogP contribution is 2.40. The van der Waals surface area contributed by atoms with Crippen LogP contribution in [0.2, 0.25) is 0 Å². The van der Waals surface area contributed by atoms with Gasteiger partial charge in [0.25, 0.3) is 0 Å². The first kappa shape index (κ1) is 22.8. The molecule has 0 aromatic heterocycles. The van der Waals surface area contributed by atoms with Crippen LogP contribution in [-0.2, 0) is 16.1 Å². The zero-order valence-electron chi connectivity index (χ0n) is 18.9. The monoisotopic (exact) mass is 445 g/mol. The number of carbonyl (C=O) groups excluding carboxylic acids is 2. The van der Waals surface area contributed by atoms with E-state index in [4.69, 9.17) is 10.5 Å². The first-order valence-electron chi connectivity index (χ1n) is 11.5. The van der Waals surface area contributed by atoms with E-state index >= 15 is 0 Å². The lowest BCUT2D eigenvalue weighted by Gasteiger charge is -2.30. The van der Waals surface area contributed by atoms with Crippen molar-refractivity contribution in [1.29, 1.82) is 0 Å². The first-order chi connectivity index (χ1) is 16.0. The van der Waals surface area contributed by atoms with Crippen LogP contribution in [0.15, 0.2) is 78.6 Å². The number of amides is 2. The number of nitrogens with two attached hydrogens (primary N) is 1. The third-order valence-electron chi connectivity index (χ3n) is 6.11. The number of nitrogens with one attached hydrogen (secondary N) is 2. The first-order valence-corrected chi connectivity index (χ1v) is 11.5. The molecule has 0 radical (unpaired) electrons. The Morgan fingerprint density at radius 1 is 1.09 bits per heavy atom. The van der Waals surface area contributed by atoms with Gasteiger partial charge in [-0.3, -0.25) is 9.59 Å². The second-order valence-corrected chi connectivity index (χ2v) is 8.73. The summed E-state index contributed by atoms with van der Waals surface area (Å²) in [6, 6.07) is 17.7. The zero-order chi connectivity index (χ0) is 23.3. The Balaban J connectivity index is 1.55. The summed E-state index contributed by atoms with van der Waals surface area (Å²) in [7, 11) is 0. The van der Waals surface area contributed by atoms with Crippen LogP contribution in [0, 0.1) is 5.41 Å². The second kappa shape index (κ2) is 10.0. The number of hydrogen-bond donors (Lipinski definition) is 3. The van der Waals surface area contributed by atoms with E-state index in [1.54, 1.807) is 6.08 Å². The minimum absolute atomic E-state index is 0.206.